The average Bonchev–Trinajstić information content (AvgIpc) is 3.38. The fraction of sp³-hybridized carbons (Fsp3) is 0.467. The first-order chi connectivity index (χ1) is 17.7. The van der Waals surface area contributed by atoms with E-state index in [0.29, 0.717) is 48.5 Å². The van der Waals surface area contributed by atoms with Crippen molar-refractivity contribution in [3.63, 3.8) is 0 Å². The Morgan fingerprint density at radius 3 is 2.54 bits per heavy atom. The molecule has 0 radical (unpaired) electrons. The van der Waals surface area contributed by atoms with Crippen LogP contribution < -0.4 is 9.72 Å². The van der Waals surface area contributed by atoms with Crippen molar-refractivity contribution in [3.05, 3.63) is 70.5 Å². The van der Waals surface area contributed by atoms with E-state index in [0.717, 1.165) is 36.0 Å². The second-order valence-electron chi connectivity index (χ2n) is 10.5. The summed E-state index contributed by atoms with van der Waals surface area (Å²) in [6, 6.07) is 9.19. The quantitative estimate of drug-likeness (QED) is 0.280. The molecule has 3 aromatic rings. The van der Waals surface area contributed by atoms with Crippen LogP contribution in [0.4, 0.5) is 0 Å². The van der Waals surface area contributed by atoms with Gasteiger partial charge in [-0.05, 0) is 73.3 Å². The molecule has 2 aromatic carbocycles. The number of aromatic hydroxyl groups is 3. The van der Waals surface area contributed by atoms with Gasteiger partial charge in [0, 0.05) is 12.0 Å². The molecule has 0 amide bonds. The first-order valence-electron chi connectivity index (χ1n) is 13.1. The van der Waals surface area contributed by atoms with Crippen LogP contribution in [0.3, 0.4) is 0 Å². The molecule has 0 bridgehead atoms. The lowest BCUT2D eigenvalue weighted by Gasteiger charge is -2.35. The van der Waals surface area contributed by atoms with Crippen LogP contribution in [0, 0.1) is 5.92 Å². The third-order valence-corrected chi connectivity index (χ3v) is 7.19. The fourth-order valence-electron chi connectivity index (χ4n) is 5.15. The van der Waals surface area contributed by atoms with Crippen molar-refractivity contribution in [2.24, 2.45) is 5.92 Å². The minimum absolute atomic E-state index is 0.183. The number of hydrogen-bond donors (Lipinski definition) is 4. The Kier molecular flexibility index (Phi) is 8.67. The van der Waals surface area contributed by atoms with Crippen LogP contribution in [-0.2, 0) is 24.0 Å². The van der Waals surface area contributed by atoms with Gasteiger partial charge in [-0.2, -0.15) is 12.4 Å². The van der Waals surface area contributed by atoms with E-state index >= 15 is 0 Å². The summed E-state index contributed by atoms with van der Waals surface area (Å²) in [4.78, 5) is 4.13. The third-order valence-electron chi connectivity index (χ3n) is 7.19. The van der Waals surface area contributed by atoms with Gasteiger partial charge >= 0.3 is 0 Å². The van der Waals surface area contributed by atoms with Crippen molar-refractivity contribution in [3.8, 4) is 23.0 Å². The highest BCUT2D eigenvalue weighted by atomic mass is 16.5. The molecule has 1 fully saturated rings. The SMILES string of the molecule is COc1c(O)c(O)cc(C2CC(O)CC(CCc3ccc(O)c(CCC(C)C)c3)O2)c1Cc1cc[n-]c1. The molecule has 200 valence electrons. The summed E-state index contributed by atoms with van der Waals surface area (Å²) in [7, 11) is 1.46. The highest BCUT2D eigenvalue weighted by Gasteiger charge is 2.33. The molecule has 7 nitrogen and oxygen atoms in total. The number of aliphatic hydroxyl groups excluding tert-OH is 1. The molecule has 0 spiro atoms. The van der Waals surface area contributed by atoms with E-state index in [1.54, 1.807) is 18.5 Å². The highest BCUT2D eigenvalue weighted by Crippen LogP contribution is 2.46. The zero-order valence-electron chi connectivity index (χ0n) is 21.9. The van der Waals surface area contributed by atoms with Gasteiger partial charge in [0.1, 0.15) is 5.75 Å². The maximum Gasteiger partial charge on any atom is 0.200 e. The monoisotopic (exact) mass is 508 g/mol. The van der Waals surface area contributed by atoms with Crippen molar-refractivity contribution in [2.45, 2.75) is 77.1 Å². The van der Waals surface area contributed by atoms with Crippen molar-refractivity contribution in [2.75, 3.05) is 7.11 Å². The Morgan fingerprint density at radius 2 is 1.84 bits per heavy atom. The molecule has 1 aliphatic heterocycles. The van der Waals surface area contributed by atoms with E-state index in [2.05, 4.69) is 24.9 Å². The molecule has 3 atom stereocenters. The molecule has 2 heterocycles. The summed E-state index contributed by atoms with van der Waals surface area (Å²) in [5.74, 6) is 0.510. The normalized spacial score (nSPS) is 19.9. The smallest absolute Gasteiger partial charge is 0.200 e. The van der Waals surface area contributed by atoms with Crippen LogP contribution in [0.25, 0.3) is 0 Å². The van der Waals surface area contributed by atoms with Gasteiger partial charge < -0.3 is 34.9 Å². The number of hydrogen-bond acceptors (Lipinski definition) is 6. The maximum absolute atomic E-state index is 10.7. The Bertz CT molecular complexity index is 1170. The summed E-state index contributed by atoms with van der Waals surface area (Å²) in [6.45, 7) is 4.35. The summed E-state index contributed by atoms with van der Waals surface area (Å²) in [6.07, 6.45) is 6.93. The number of aromatic nitrogens is 1. The van der Waals surface area contributed by atoms with Gasteiger partial charge in [0.2, 0.25) is 5.75 Å². The molecular weight excluding hydrogens is 470 g/mol. The molecule has 7 heteroatoms. The maximum atomic E-state index is 10.7. The molecule has 37 heavy (non-hydrogen) atoms. The number of rotatable bonds is 10. The average molecular weight is 509 g/mol. The standard InChI is InChI=1S/C30H38NO6/c1-18(2)4-7-21-12-19(6-9-26(21)33)5-8-23-14-22(32)15-28(37-23)24-16-27(34)29(35)30(36-3)25(24)13-20-10-11-31-17-20/h6,9-12,16-18,22-23,28,32-35H,4-5,7-8,13-15H2,1-3H3/q-1. The van der Waals surface area contributed by atoms with Crippen molar-refractivity contribution in [1.29, 1.82) is 0 Å². The molecule has 1 aliphatic rings. The van der Waals surface area contributed by atoms with Gasteiger partial charge in [0.15, 0.2) is 11.5 Å². The number of benzene rings is 2. The van der Waals surface area contributed by atoms with Crippen LogP contribution in [0.15, 0.2) is 42.7 Å². The first kappa shape index (κ1) is 26.9. The number of nitrogens with zero attached hydrogens (tertiary/aromatic N) is 1. The van der Waals surface area contributed by atoms with Crippen LogP contribution in [0.1, 0.15) is 73.5 Å². The molecule has 3 unspecified atom stereocenters. The molecular formula is C30H38NO6-. The predicted molar refractivity (Wildman–Crippen MR) is 141 cm³/mol. The number of ether oxygens (including phenoxy) is 2. The number of aliphatic hydroxyl groups is 1. The Labute approximate surface area is 218 Å². The second kappa shape index (κ2) is 11.9. The van der Waals surface area contributed by atoms with Crippen molar-refractivity contribution >= 4 is 0 Å². The van der Waals surface area contributed by atoms with E-state index in [1.807, 2.05) is 12.1 Å². The summed E-state index contributed by atoms with van der Waals surface area (Å²) < 4.78 is 12.0. The topological polar surface area (TPSA) is 113 Å². The lowest BCUT2D eigenvalue weighted by molar-refractivity contribution is -0.100. The van der Waals surface area contributed by atoms with E-state index < -0.39 is 12.2 Å². The summed E-state index contributed by atoms with van der Waals surface area (Å²) >= 11 is 0. The number of phenols is 3. The zero-order chi connectivity index (χ0) is 26.5. The lowest BCUT2D eigenvalue weighted by atomic mass is 9.89. The molecule has 0 saturated carbocycles. The molecule has 0 aliphatic carbocycles. The van der Waals surface area contributed by atoms with Gasteiger partial charge in [-0.25, -0.2) is 0 Å². The van der Waals surface area contributed by atoms with Gasteiger partial charge in [0.05, 0.1) is 25.4 Å². The number of methoxy groups -OCH3 is 1. The van der Waals surface area contributed by atoms with Crippen molar-refractivity contribution in [1.82, 2.24) is 4.98 Å². The minimum atomic E-state index is -0.555. The fourth-order valence-corrected chi connectivity index (χ4v) is 5.15. The van der Waals surface area contributed by atoms with E-state index in [4.69, 9.17) is 9.47 Å². The van der Waals surface area contributed by atoms with Gasteiger partial charge in [-0.3, -0.25) is 0 Å². The third kappa shape index (κ3) is 6.59. The zero-order valence-corrected chi connectivity index (χ0v) is 21.9. The largest absolute Gasteiger partial charge is 0.670 e. The Hall–Kier alpha value is -3.16. The molecule has 4 N–H and O–H groups in total. The van der Waals surface area contributed by atoms with Crippen LogP contribution in [0.5, 0.6) is 23.0 Å². The molecule has 1 aromatic heterocycles. The molecule has 1 saturated heterocycles. The second-order valence-corrected chi connectivity index (χ2v) is 10.5. The van der Waals surface area contributed by atoms with Crippen molar-refractivity contribution < 1.29 is 29.9 Å². The van der Waals surface area contributed by atoms with Gasteiger partial charge in [0.25, 0.3) is 0 Å². The highest BCUT2D eigenvalue weighted by molar-refractivity contribution is 5.59. The lowest BCUT2D eigenvalue weighted by Crippen LogP contribution is -2.32. The van der Waals surface area contributed by atoms with Crippen LogP contribution in [0.2, 0.25) is 0 Å². The molecule has 4 rings (SSSR count). The van der Waals surface area contributed by atoms with E-state index in [9.17, 15) is 20.4 Å². The minimum Gasteiger partial charge on any atom is -0.670 e. The first-order valence-corrected chi connectivity index (χ1v) is 13.1. The predicted octanol–water partition coefficient (Wildman–Crippen LogP) is 5.16. The Balaban J connectivity index is 1.53. The summed E-state index contributed by atoms with van der Waals surface area (Å²) in [5.41, 5.74) is 4.44. The summed E-state index contributed by atoms with van der Waals surface area (Å²) in [5, 5.41) is 41.9. The van der Waals surface area contributed by atoms with Gasteiger partial charge in [-0.1, -0.05) is 37.6 Å². The van der Waals surface area contributed by atoms with Crippen LogP contribution >= 0.6 is 0 Å². The number of aryl methyl sites for hydroxylation is 2. The van der Waals surface area contributed by atoms with Crippen LogP contribution in [-0.4, -0.2) is 39.7 Å². The Morgan fingerprint density at radius 1 is 1.03 bits per heavy atom. The van der Waals surface area contributed by atoms with Gasteiger partial charge in [-0.15, -0.1) is 0 Å². The van der Waals surface area contributed by atoms with E-state index in [1.165, 1.54) is 13.2 Å². The van der Waals surface area contributed by atoms with E-state index in [-0.39, 0.29) is 23.4 Å². The number of phenolic OH excluding ortho intramolecular Hbond substituents is 3.